The van der Waals surface area contributed by atoms with Crippen molar-refractivity contribution in [2.45, 2.75) is 11.4 Å². The SMILES string of the molecule is CC[I-]Cc1ccc(-c2ccccn2)c(-c2ccc3c(c2)c2cc(-c4ccccc4-c4ccccn4)ccc2n3-c2csc(-c3ccccc3)c2)c1. The molecular formula is C47H35IN3S-. The molecular weight excluding hydrogens is 766 g/mol. The minimum absolute atomic E-state index is 0.141. The molecule has 0 spiro atoms. The fourth-order valence-electron chi connectivity index (χ4n) is 7.18. The van der Waals surface area contributed by atoms with Crippen molar-refractivity contribution in [3.63, 3.8) is 0 Å². The third kappa shape index (κ3) is 6.14. The summed E-state index contributed by atoms with van der Waals surface area (Å²) in [4.78, 5) is 10.8. The molecule has 252 valence electrons. The number of aromatic nitrogens is 3. The predicted octanol–water partition coefficient (Wildman–Crippen LogP) is 9.58. The summed E-state index contributed by atoms with van der Waals surface area (Å²) in [5, 5.41) is 4.75. The van der Waals surface area contributed by atoms with Crippen molar-refractivity contribution in [3.8, 4) is 60.9 Å². The molecule has 0 aliphatic rings. The summed E-state index contributed by atoms with van der Waals surface area (Å²) < 4.78 is 4.89. The molecule has 0 amide bonds. The van der Waals surface area contributed by atoms with E-state index in [4.69, 9.17) is 9.97 Å². The molecule has 0 unspecified atom stereocenters. The first-order valence-corrected chi connectivity index (χ1v) is 21.5. The number of fused-ring (bicyclic) bond motifs is 3. The Labute approximate surface area is 318 Å². The first-order chi connectivity index (χ1) is 25.7. The van der Waals surface area contributed by atoms with Crippen LogP contribution in [0.15, 0.2) is 169 Å². The van der Waals surface area contributed by atoms with Crippen LogP contribution < -0.4 is 21.2 Å². The van der Waals surface area contributed by atoms with Crippen molar-refractivity contribution in [1.29, 1.82) is 0 Å². The zero-order valence-corrected chi connectivity index (χ0v) is 31.7. The van der Waals surface area contributed by atoms with E-state index in [0.717, 1.165) is 22.5 Å². The van der Waals surface area contributed by atoms with Crippen molar-refractivity contribution >= 4 is 33.1 Å². The Bertz CT molecular complexity index is 2660. The fraction of sp³-hybridized carbons (Fsp3) is 0.0638. The van der Waals surface area contributed by atoms with Crippen molar-refractivity contribution in [2.75, 3.05) is 4.43 Å². The van der Waals surface area contributed by atoms with Gasteiger partial charge >= 0.3 is 231 Å². The van der Waals surface area contributed by atoms with Crippen LogP contribution in [-0.4, -0.2) is 19.0 Å². The second-order valence-corrected chi connectivity index (χ2v) is 17.1. The topological polar surface area (TPSA) is 30.7 Å². The number of alkyl halides is 2. The van der Waals surface area contributed by atoms with Crippen LogP contribution in [0.5, 0.6) is 0 Å². The van der Waals surface area contributed by atoms with E-state index in [1.165, 1.54) is 74.6 Å². The van der Waals surface area contributed by atoms with E-state index in [-0.39, 0.29) is 21.2 Å². The number of thiophene rings is 1. The van der Waals surface area contributed by atoms with Crippen molar-refractivity contribution in [1.82, 2.24) is 14.5 Å². The van der Waals surface area contributed by atoms with E-state index in [2.05, 4.69) is 156 Å². The molecule has 0 atom stereocenters. The Morgan fingerprint density at radius 3 is 1.81 bits per heavy atom. The van der Waals surface area contributed by atoms with Crippen LogP contribution in [0.3, 0.4) is 0 Å². The molecule has 0 fully saturated rings. The summed E-state index contributed by atoms with van der Waals surface area (Å²) in [5.74, 6) is 0. The molecule has 0 N–H and O–H groups in total. The molecule has 0 saturated carbocycles. The van der Waals surface area contributed by atoms with Gasteiger partial charge in [-0.15, -0.1) is 0 Å². The molecule has 9 rings (SSSR count). The monoisotopic (exact) mass is 800 g/mol. The van der Waals surface area contributed by atoms with Gasteiger partial charge in [-0.1, -0.05) is 54.6 Å². The molecule has 5 aromatic carbocycles. The number of hydrogen-bond acceptors (Lipinski definition) is 3. The van der Waals surface area contributed by atoms with Gasteiger partial charge in [0.15, 0.2) is 0 Å². The van der Waals surface area contributed by atoms with Crippen LogP contribution in [0.1, 0.15) is 12.5 Å². The molecule has 0 aliphatic heterocycles. The molecule has 52 heavy (non-hydrogen) atoms. The van der Waals surface area contributed by atoms with Gasteiger partial charge in [-0.05, 0) is 17.7 Å². The van der Waals surface area contributed by atoms with Crippen LogP contribution in [0.25, 0.3) is 82.7 Å². The average Bonchev–Trinajstić information content (AvgIpc) is 3.83. The number of rotatable bonds is 9. The van der Waals surface area contributed by atoms with Crippen LogP contribution in [0.2, 0.25) is 0 Å². The predicted molar refractivity (Wildman–Crippen MR) is 216 cm³/mol. The molecule has 4 heterocycles. The third-order valence-electron chi connectivity index (χ3n) is 9.62. The summed E-state index contributed by atoms with van der Waals surface area (Å²) in [6, 6.07) is 54.9. The molecule has 9 aromatic rings. The van der Waals surface area contributed by atoms with Gasteiger partial charge in [-0.3, -0.25) is 4.98 Å². The van der Waals surface area contributed by atoms with E-state index in [1.54, 1.807) is 11.3 Å². The molecule has 0 bridgehead atoms. The fourth-order valence-corrected chi connectivity index (χ4v) is 9.70. The van der Waals surface area contributed by atoms with Gasteiger partial charge in [-0.2, -0.15) is 0 Å². The number of benzene rings is 5. The van der Waals surface area contributed by atoms with E-state index in [9.17, 15) is 0 Å². The average molecular weight is 801 g/mol. The van der Waals surface area contributed by atoms with Gasteiger partial charge in [0.05, 0.1) is 5.69 Å². The van der Waals surface area contributed by atoms with Crippen molar-refractivity contribution in [2.24, 2.45) is 0 Å². The summed E-state index contributed by atoms with van der Waals surface area (Å²) in [7, 11) is 0. The minimum atomic E-state index is 0.141. The van der Waals surface area contributed by atoms with E-state index in [0.29, 0.717) is 0 Å². The first-order valence-electron chi connectivity index (χ1n) is 17.6. The Hall–Kier alpha value is -5.37. The van der Waals surface area contributed by atoms with Gasteiger partial charge < -0.3 is 0 Å². The Morgan fingerprint density at radius 1 is 0.538 bits per heavy atom. The summed E-state index contributed by atoms with van der Waals surface area (Å²) in [6.07, 6.45) is 3.76. The summed E-state index contributed by atoms with van der Waals surface area (Å²) in [5.41, 5.74) is 15.3. The Balaban J connectivity index is 1.28. The number of halogens is 1. The normalized spacial score (nSPS) is 11.5. The summed E-state index contributed by atoms with van der Waals surface area (Å²) in [6.45, 7) is 2.31. The number of nitrogens with zero attached hydrogens (tertiary/aromatic N) is 3. The van der Waals surface area contributed by atoms with E-state index >= 15 is 0 Å². The zero-order chi connectivity index (χ0) is 34.9. The molecule has 0 saturated heterocycles. The molecule has 5 heteroatoms. The maximum absolute atomic E-state index is 4.79. The van der Waals surface area contributed by atoms with Crippen LogP contribution in [-0.2, 0) is 4.43 Å². The van der Waals surface area contributed by atoms with Crippen LogP contribution in [0.4, 0.5) is 0 Å². The van der Waals surface area contributed by atoms with Gasteiger partial charge in [0.2, 0.25) is 0 Å². The van der Waals surface area contributed by atoms with Crippen LogP contribution >= 0.6 is 11.3 Å². The number of pyridine rings is 2. The Kier molecular flexibility index (Phi) is 8.97. The zero-order valence-electron chi connectivity index (χ0n) is 28.7. The molecule has 3 nitrogen and oxygen atoms in total. The van der Waals surface area contributed by atoms with E-state index in [1.807, 2.05) is 24.5 Å². The maximum atomic E-state index is 4.79. The third-order valence-corrected chi connectivity index (χ3v) is 13.1. The molecule has 0 radical (unpaired) electrons. The van der Waals surface area contributed by atoms with Crippen molar-refractivity contribution in [3.05, 3.63) is 175 Å². The Morgan fingerprint density at radius 2 is 1.15 bits per heavy atom. The molecule has 0 aliphatic carbocycles. The quantitative estimate of drug-likeness (QED) is 0.108. The number of hydrogen-bond donors (Lipinski definition) is 0. The standard InChI is InChI=1S/C47H35IN3S/c1-2-48-30-32-18-21-39(44-17-9-11-25-50-44)40(26-32)35-20-23-46-42(28-35)41-27-34(37-14-6-7-15-38(37)43-16-8-10-24-49-43)19-22-45(41)51(46)36-29-47(52-31-36)33-12-4-3-5-13-33/h3-29,31H,2,30H2,1H3/q-1. The molecule has 4 aromatic heterocycles. The van der Waals surface area contributed by atoms with Gasteiger partial charge in [-0.25, -0.2) is 0 Å². The van der Waals surface area contributed by atoms with Crippen LogP contribution in [0, 0.1) is 0 Å². The first kappa shape index (κ1) is 32.5. The van der Waals surface area contributed by atoms with Crippen molar-refractivity contribution < 1.29 is 21.2 Å². The van der Waals surface area contributed by atoms with Gasteiger partial charge in [0, 0.05) is 6.20 Å². The second-order valence-electron chi connectivity index (χ2n) is 12.8. The summed E-state index contributed by atoms with van der Waals surface area (Å²) >= 11 is 1.93. The van der Waals surface area contributed by atoms with Gasteiger partial charge in [0.1, 0.15) is 0 Å². The van der Waals surface area contributed by atoms with E-state index < -0.39 is 0 Å². The van der Waals surface area contributed by atoms with Gasteiger partial charge in [0.25, 0.3) is 0 Å². The second kappa shape index (κ2) is 14.3.